The van der Waals surface area contributed by atoms with Gasteiger partial charge in [0.25, 0.3) is 5.91 Å². The number of carbonyl (C=O) groups is 1. The number of carbonyl (C=O) groups excluding carboxylic acids is 1. The van der Waals surface area contributed by atoms with Crippen LogP contribution in [0.25, 0.3) is 0 Å². The van der Waals surface area contributed by atoms with Gasteiger partial charge < -0.3 is 20.5 Å². The summed E-state index contributed by atoms with van der Waals surface area (Å²) in [6.45, 7) is 2.16. The summed E-state index contributed by atoms with van der Waals surface area (Å²) < 4.78 is 10.3. The predicted octanol–water partition coefficient (Wildman–Crippen LogP) is 1.04. The highest BCUT2D eigenvalue weighted by Gasteiger charge is 2.17. The molecular weight excluding hydrogens is 232 g/mol. The van der Waals surface area contributed by atoms with E-state index in [1.807, 2.05) is 0 Å². The molecule has 5 nitrogen and oxygen atoms in total. The first-order chi connectivity index (χ1) is 8.70. The van der Waals surface area contributed by atoms with Gasteiger partial charge in [0.1, 0.15) is 5.75 Å². The van der Waals surface area contributed by atoms with E-state index in [9.17, 15) is 4.79 Å². The number of ether oxygens (including phenoxy) is 2. The number of hydrogen-bond donors (Lipinski definition) is 2. The van der Waals surface area contributed by atoms with Gasteiger partial charge in [0.05, 0.1) is 19.4 Å². The maximum Gasteiger partial charge on any atom is 0.251 e. The summed E-state index contributed by atoms with van der Waals surface area (Å²) in [7, 11) is 1.55. The second kappa shape index (κ2) is 5.73. The minimum Gasteiger partial charge on any atom is -0.495 e. The van der Waals surface area contributed by atoms with Crippen LogP contribution in [-0.4, -0.2) is 32.8 Å². The SMILES string of the molecule is COc1ccc(C(=O)NCC2CCOC2)cc1N. The minimum absolute atomic E-state index is 0.115. The first kappa shape index (κ1) is 12.7. The van der Waals surface area contributed by atoms with Gasteiger partial charge in [-0.3, -0.25) is 4.79 Å². The maximum atomic E-state index is 11.9. The van der Waals surface area contributed by atoms with Crippen molar-refractivity contribution in [3.05, 3.63) is 23.8 Å². The van der Waals surface area contributed by atoms with Crippen molar-refractivity contribution in [2.75, 3.05) is 32.6 Å². The molecule has 0 aliphatic carbocycles. The number of nitrogens with one attached hydrogen (secondary N) is 1. The third-order valence-electron chi connectivity index (χ3n) is 3.07. The van der Waals surface area contributed by atoms with Gasteiger partial charge in [0.15, 0.2) is 0 Å². The molecule has 0 aromatic heterocycles. The highest BCUT2D eigenvalue weighted by atomic mass is 16.5. The lowest BCUT2D eigenvalue weighted by atomic mass is 10.1. The lowest BCUT2D eigenvalue weighted by Crippen LogP contribution is -2.29. The van der Waals surface area contributed by atoms with E-state index in [2.05, 4.69) is 5.32 Å². The molecular formula is C13H18N2O3. The topological polar surface area (TPSA) is 73.6 Å². The number of methoxy groups -OCH3 is 1. The summed E-state index contributed by atoms with van der Waals surface area (Å²) in [6, 6.07) is 5.03. The van der Waals surface area contributed by atoms with Gasteiger partial charge in [0.2, 0.25) is 0 Å². The fourth-order valence-electron chi connectivity index (χ4n) is 1.96. The Hall–Kier alpha value is -1.75. The average molecular weight is 250 g/mol. The summed E-state index contributed by atoms with van der Waals surface area (Å²) in [6.07, 6.45) is 1.00. The Morgan fingerprint density at radius 2 is 2.44 bits per heavy atom. The van der Waals surface area contributed by atoms with Crippen LogP contribution in [0.3, 0.4) is 0 Å². The van der Waals surface area contributed by atoms with Crippen LogP contribution in [0.5, 0.6) is 5.75 Å². The summed E-state index contributed by atoms with van der Waals surface area (Å²) in [5, 5.41) is 2.89. The molecule has 0 radical (unpaired) electrons. The van der Waals surface area contributed by atoms with Gasteiger partial charge in [-0.1, -0.05) is 0 Å². The Balaban J connectivity index is 1.93. The third-order valence-corrected chi connectivity index (χ3v) is 3.07. The molecule has 1 fully saturated rings. The monoisotopic (exact) mass is 250 g/mol. The van der Waals surface area contributed by atoms with E-state index in [-0.39, 0.29) is 5.91 Å². The molecule has 1 unspecified atom stereocenters. The van der Waals surface area contributed by atoms with Crippen molar-refractivity contribution < 1.29 is 14.3 Å². The molecule has 5 heteroatoms. The number of anilines is 1. The lowest BCUT2D eigenvalue weighted by Gasteiger charge is -2.10. The molecule has 1 aliphatic heterocycles. The van der Waals surface area contributed by atoms with Crippen LogP contribution >= 0.6 is 0 Å². The summed E-state index contributed by atoms with van der Waals surface area (Å²) >= 11 is 0. The smallest absolute Gasteiger partial charge is 0.251 e. The molecule has 0 spiro atoms. The molecule has 98 valence electrons. The van der Waals surface area contributed by atoms with E-state index in [1.54, 1.807) is 25.3 Å². The highest BCUT2D eigenvalue weighted by molar-refractivity contribution is 5.95. The molecule has 1 saturated heterocycles. The number of hydrogen-bond acceptors (Lipinski definition) is 4. The van der Waals surface area contributed by atoms with Crippen molar-refractivity contribution in [3.8, 4) is 5.75 Å². The predicted molar refractivity (Wildman–Crippen MR) is 68.7 cm³/mol. The van der Waals surface area contributed by atoms with E-state index >= 15 is 0 Å². The van der Waals surface area contributed by atoms with Gasteiger partial charge in [-0.2, -0.15) is 0 Å². The summed E-state index contributed by atoms with van der Waals surface area (Å²) in [5.74, 6) is 0.886. The fourth-order valence-corrected chi connectivity index (χ4v) is 1.96. The molecule has 3 N–H and O–H groups in total. The van der Waals surface area contributed by atoms with Crippen LogP contribution in [0.4, 0.5) is 5.69 Å². The Labute approximate surface area is 106 Å². The number of nitrogen functional groups attached to an aromatic ring is 1. The second-order valence-electron chi connectivity index (χ2n) is 4.40. The molecule has 1 heterocycles. The van der Waals surface area contributed by atoms with E-state index in [4.69, 9.17) is 15.2 Å². The molecule has 2 rings (SSSR count). The number of benzene rings is 1. The molecule has 1 aromatic rings. The first-order valence-electron chi connectivity index (χ1n) is 6.00. The Morgan fingerprint density at radius 3 is 3.06 bits per heavy atom. The number of amides is 1. The highest BCUT2D eigenvalue weighted by Crippen LogP contribution is 2.21. The largest absolute Gasteiger partial charge is 0.495 e. The van der Waals surface area contributed by atoms with E-state index in [0.29, 0.717) is 29.5 Å². The van der Waals surface area contributed by atoms with Crippen LogP contribution in [0.1, 0.15) is 16.8 Å². The minimum atomic E-state index is -0.115. The maximum absolute atomic E-state index is 11.9. The van der Waals surface area contributed by atoms with Crippen LogP contribution in [-0.2, 0) is 4.74 Å². The Morgan fingerprint density at radius 1 is 1.61 bits per heavy atom. The second-order valence-corrected chi connectivity index (χ2v) is 4.40. The van der Waals surface area contributed by atoms with Crippen molar-refractivity contribution in [2.45, 2.75) is 6.42 Å². The van der Waals surface area contributed by atoms with Crippen molar-refractivity contribution in [1.29, 1.82) is 0 Å². The van der Waals surface area contributed by atoms with E-state index in [1.165, 1.54) is 0 Å². The van der Waals surface area contributed by atoms with Gasteiger partial charge in [-0.15, -0.1) is 0 Å². The van der Waals surface area contributed by atoms with Crippen molar-refractivity contribution in [3.63, 3.8) is 0 Å². The summed E-state index contributed by atoms with van der Waals surface area (Å²) in [5.41, 5.74) is 6.78. The summed E-state index contributed by atoms with van der Waals surface area (Å²) in [4.78, 5) is 11.9. The van der Waals surface area contributed by atoms with Crippen LogP contribution < -0.4 is 15.8 Å². The Kier molecular flexibility index (Phi) is 4.04. The number of nitrogens with two attached hydrogens (primary N) is 1. The van der Waals surface area contributed by atoms with Gasteiger partial charge in [-0.25, -0.2) is 0 Å². The van der Waals surface area contributed by atoms with Crippen molar-refractivity contribution in [2.24, 2.45) is 5.92 Å². The van der Waals surface area contributed by atoms with Gasteiger partial charge in [0, 0.05) is 24.6 Å². The van der Waals surface area contributed by atoms with Crippen molar-refractivity contribution >= 4 is 11.6 Å². The van der Waals surface area contributed by atoms with Crippen LogP contribution in [0.2, 0.25) is 0 Å². The van der Waals surface area contributed by atoms with Crippen LogP contribution in [0.15, 0.2) is 18.2 Å². The zero-order valence-electron chi connectivity index (χ0n) is 10.4. The zero-order chi connectivity index (χ0) is 13.0. The lowest BCUT2D eigenvalue weighted by molar-refractivity contribution is 0.0945. The third kappa shape index (κ3) is 2.92. The first-order valence-corrected chi connectivity index (χ1v) is 6.00. The average Bonchev–Trinajstić information content (AvgIpc) is 2.89. The molecule has 1 aliphatic rings. The van der Waals surface area contributed by atoms with Gasteiger partial charge >= 0.3 is 0 Å². The quantitative estimate of drug-likeness (QED) is 0.783. The molecule has 1 atom stereocenters. The normalized spacial score (nSPS) is 18.6. The molecule has 18 heavy (non-hydrogen) atoms. The Bertz CT molecular complexity index is 428. The fraction of sp³-hybridized carbons (Fsp3) is 0.462. The zero-order valence-corrected chi connectivity index (χ0v) is 10.4. The van der Waals surface area contributed by atoms with E-state index < -0.39 is 0 Å². The molecule has 0 saturated carbocycles. The van der Waals surface area contributed by atoms with Crippen LogP contribution in [0, 0.1) is 5.92 Å². The molecule has 1 aromatic carbocycles. The number of rotatable bonds is 4. The van der Waals surface area contributed by atoms with E-state index in [0.717, 1.165) is 19.6 Å². The van der Waals surface area contributed by atoms with Crippen molar-refractivity contribution in [1.82, 2.24) is 5.32 Å². The molecule has 1 amide bonds. The molecule has 0 bridgehead atoms. The standard InChI is InChI=1S/C13H18N2O3/c1-17-12-3-2-10(6-11(12)14)13(16)15-7-9-4-5-18-8-9/h2-3,6,9H,4-5,7-8,14H2,1H3,(H,15,16). The van der Waals surface area contributed by atoms with Gasteiger partial charge in [-0.05, 0) is 24.6 Å².